The number of hydrazone groups is 1. The van der Waals surface area contributed by atoms with Gasteiger partial charge < -0.3 is 15.9 Å². The third kappa shape index (κ3) is 5.71. The highest BCUT2D eigenvalue weighted by molar-refractivity contribution is 8.13. The maximum atomic E-state index is 13.2. The molecular weight excluding hydrogens is 428 g/mol. The Morgan fingerprint density at radius 2 is 1.97 bits per heavy atom. The molecule has 9 nitrogen and oxygen atoms in total. The number of amides is 1. The Kier molecular flexibility index (Phi) is 8.34. The summed E-state index contributed by atoms with van der Waals surface area (Å²) in [6, 6.07) is 11.2. The molecule has 172 valence electrons. The molecule has 0 bridgehead atoms. The van der Waals surface area contributed by atoms with Gasteiger partial charge in [-0.1, -0.05) is 18.9 Å². The second-order valence-corrected chi connectivity index (χ2v) is 8.64. The summed E-state index contributed by atoms with van der Waals surface area (Å²) in [7, 11) is 4.85. The first-order valence-electron chi connectivity index (χ1n) is 10.4. The first-order valence-corrected chi connectivity index (χ1v) is 11.2. The maximum absolute atomic E-state index is 13.2. The highest BCUT2D eigenvalue weighted by Gasteiger charge is 2.22. The Hall–Kier alpha value is -2.79. The lowest BCUT2D eigenvalue weighted by Gasteiger charge is -2.17. The van der Waals surface area contributed by atoms with E-state index in [0.29, 0.717) is 27.2 Å². The van der Waals surface area contributed by atoms with Crippen molar-refractivity contribution in [2.75, 3.05) is 26.6 Å². The van der Waals surface area contributed by atoms with E-state index < -0.39 is 0 Å². The number of anilines is 1. The molecule has 2 aromatic carbocycles. The molecule has 10 heteroatoms. The van der Waals surface area contributed by atoms with Crippen molar-refractivity contribution in [3.05, 3.63) is 47.5 Å². The Bertz CT molecular complexity index is 976. The Labute approximate surface area is 192 Å². The maximum Gasteiger partial charge on any atom is 0.257 e. The lowest BCUT2D eigenvalue weighted by Crippen LogP contribution is -2.75. The monoisotopic (exact) mass is 459 g/mol. The van der Waals surface area contributed by atoms with Gasteiger partial charge in [0.15, 0.2) is 5.69 Å². The Balaban J connectivity index is 1.87. The molecule has 3 rings (SSSR count). The standard InChI is InChI=1S/C22H30N6O3S/c1-28(24)22(26-23)32-20-11-9-16(27-31-3)12-18(20)21(29)25-15-8-10-17(19(13-15)30-2)14-6-4-5-7-14/h8-14,27H,4-7,23-24H2,1-3H3,(H,25,29)/p+1/b26-22+. The summed E-state index contributed by atoms with van der Waals surface area (Å²) < 4.78 is 5.63. The number of nitrogens with zero attached hydrogens (tertiary/aromatic N) is 2. The van der Waals surface area contributed by atoms with Crippen LogP contribution in [-0.4, -0.2) is 37.4 Å². The number of hydrazine groups is 1. The Morgan fingerprint density at radius 1 is 1.22 bits per heavy atom. The van der Waals surface area contributed by atoms with E-state index in [2.05, 4.69) is 16.5 Å². The Morgan fingerprint density at radius 3 is 2.59 bits per heavy atom. The van der Waals surface area contributed by atoms with Gasteiger partial charge in [-0.15, -0.1) is 0 Å². The van der Waals surface area contributed by atoms with Crippen molar-refractivity contribution in [1.82, 2.24) is 5.01 Å². The van der Waals surface area contributed by atoms with Gasteiger partial charge in [-0.2, -0.15) is 10.6 Å². The van der Waals surface area contributed by atoms with Crippen molar-refractivity contribution < 1.29 is 19.8 Å². The average molecular weight is 460 g/mol. The molecule has 0 heterocycles. The summed E-state index contributed by atoms with van der Waals surface area (Å²) in [6.07, 6.45) is 4.83. The van der Waals surface area contributed by atoms with Crippen LogP contribution < -0.4 is 27.2 Å². The minimum Gasteiger partial charge on any atom is -0.496 e. The predicted molar refractivity (Wildman–Crippen MR) is 127 cm³/mol. The third-order valence-corrected chi connectivity index (χ3v) is 6.55. The first kappa shape index (κ1) is 23.9. The lowest BCUT2D eigenvalue weighted by atomic mass is 9.96. The molecule has 0 spiro atoms. The number of carbonyl (C=O) groups excluding carboxylic acids is 1. The van der Waals surface area contributed by atoms with E-state index in [1.165, 1.54) is 48.0 Å². The molecular formula is C22H31N6O3S+. The number of nitrogens with two attached hydrogens (primary N) is 3. The molecule has 32 heavy (non-hydrogen) atoms. The largest absolute Gasteiger partial charge is 0.496 e. The van der Waals surface area contributed by atoms with E-state index in [-0.39, 0.29) is 5.91 Å². The fourth-order valence-corrected chi connectivity index (χ4v) is 4.66. The summed E-state index contributed by atoms with van der Waals surface area (Å²) in [6.45, 7) is 0. The highest BCUT2D eigenvalue weighted by atomic mass is 32.2. The van der Waals surface area contributed by atoms with Gasteiger partial charge in [0.05, 0.1) is 19.8 Å². The van der Waals surface area contributed by atoms with Crippen molar-refractivity contribution in [2.24, 2.45) is 16.8 Å². The molecule has 1 saturated carbocycles. The number of quaternary nitrogens is 1. The molecule has 0 atom stereocenters. The van der Waals surface area contributed by atoms with Crippen LogP contribution in [0, 0.1) is 0 Å². The van der Waals surface area contributed by atoms with Crippen molar-refractivity contribution in [1.29, 1.82) is 0 Å². The molecule has 0 aliphatic heterocycles. The number of ether oxygens (including phenoxy) is 1. The molecule has 1 fully saturated rings. The summed E-state index contributed by atoms with van der Waals surface area (Å²) in [5.74, 6) is 12.3. The van der Waals surface area contributed by atoms with Crippen LogP contribution >= 0.6 is 11.8 Å². The number of benzene rings is 2. The molecule has 1 aliphatic carbocycles. The number of hydrogen-bond donors (Lipinski definition) is 4. The van der Waals surface area contributed by atoms with Crippen LogP contribution in [0.2, 0.25) is 0 Å². The van der Waals surface area contributed by atoms with Gasteiger partial charge in [0.2, 0.25) is 5.17 Å². The molecule has 0 aromatic heterocycles. The van der Waals surface area contributed by atoms with Crippen molar-refractivity contribution >= 4 is 34.2 Å². The second-order valence-electron chi connectivity index (χ2n) is 7.63. The van der Waals surface area contributed by atoms with Crippen molar-refractivity contribution in [3.8, 4) is 5.75 Å². The van der Waals surface area contributed by atoms with Gasteiger partial charge >= 0.3 is 0 Å². The normalized spacial score (nSPS) is 14.4. The summed E-state index contributed by atoms with van der Waals surface area (Å²) in [5, 5.41) is 8.34. The molecule has 2 aromatic rings. The first-order chi connectivity index (χ1) is 15.5. The zero-order chi connectivity index (χ0) is 23.1. The molecule has 0 radical (unpaired) electrons. The number of hydrogen-bond acceptors (Lipinski definition) is 7. The van der Waals surface area contributed by atoms with Gasteiger partial charge in [-0.05, 0) is 48.2 Å². The fourth-order valence-electron chi connectivity index (χ4n) is 3.87. The predicted octanol–water partition coefficient (Wildman–Crippen LogP) is 2.49. The van der Waals surface area contributed by atoms with Gasteiger partial charge in [-0.3, -0.25) is 9.80 Å². The topological polar surface area (TPSA) is 132 Å². The summed E-state index contributed by atoms with van der Waals surface area (Å²) in [4.78, 5) is 19.0. The minimum atomic E-state index is -0.273. The van der Waals surface area contributed by atoms with E-state index in [4.69, 9.17) is 21.3 Å². The van der Waals surface area contributed by atoms with Crippen LogP contribution in [0.5, 0.6) is 5.75 Å². The van der Waals surface area contributed by atoms with Crippen molar-refractivity contribution in [2.45, 2.75) is 36.5 Å². The van der Waals surface area contributed by atoms with Crippen LogP contribution in [0.25, 0.3) is 0 Å². The fraction of sp³-hybridized carbons (Fsp3) is 0.364. The van der Waals surface area contributed by atoms with Crippen LogP contribution in [0.4, 0.5) is 11.4 Å². The van der Waals surface area contributed by atoms with E-state index in [1.807, 2.05) is 24.3 Å². The number of carbonyl (C=O) groups is 1. The van der Waals surface area contributed by atoms with Gasteiger partial charge in [-0.25, -0.2) is 10.7 Å². The quantitative estimate of drug-likeness (QED) is 0.125. The van der Waals surface area contributed by atoms with E-state index >= 15 is 0 Å². The van der Waals surface area contributed by atoms with E-state index in [9.17, 15) is 4.79 Å². The third-order valence-electron chi connectivity index (χ3n) is 5.40. The SMILES string of the molecule is CO[NH2+]c1ccc(S/C(=N/N)N(C)N)c(C(=O)Nc2ccc(C3CCCC3)c(OC)c2)c1. The van der Waals surface area contributed by atoms with Crippen LogP contribution in [0.1, 0.15) is 47.5 Å². The molecule has 1 amide bonds. The lowest BCUT2D eigenvalue weighted by molar-refractivity contribution is -0.830. The molecule has 7 N–H and O–H groups in total. The number of nitrogens with one attached hydrogen (secondary N) is 1. The number of thioether (sulfide) groups is 1. The van der Waals surface area contributed by atoms with Crippen molar-refractivity contribution in [3.63, 3.8) is 0 Å². The zero-order valence-electron chi connectivity index (χ0n) is 18.6. The van der Waals surface area contributed by atoms with E-state index in [1.54, 1.807) is 32.8 Å². The summed E-state index contributed by atoms with van der Waals surface area (Å²) >= 11 is 1.20. The van der Waals surface area contributed by atoms with Gasteiger partial charge in [0.25, 0.3) is 5.91 Å². The summed E-state index contributed by atoms with van der Waals surface area (Å²) in [5.41, 5.74) is 4.63. The van der Waals surface area contributed by atoms with Crippen LogP contribution in [-0.2, 0) is 4.84 Å². The van der Waals surface area contributed by atoms with Crippen LogP contribution in [0.3, 0.4) is 0 Å². The van der Waals surface area contributed by atoms with Gasteiger partial charge in [0, 0.05) is 35.8 Å². The smallest absolute Gasteiger partial charge is 0.257 e. The highest BCUT2D eigenvalue weighted by Crippen LogP contribution is 2.39. The number of amidine groups is 1. The average Bonchev–Trinajstić information content (AvgIpc) is 3.32. The van der Waals surface area contributed by atoms with Gasteiger partial charge in [0.1, 0.15) is 5.75 Å². The minimum absolute atomic E-state index is 0.273. The zero-order valence-corrected chi connectivity index (χ0v) is 19.4. The number of rotatable bonds is 7. The molecule has 0 unspecified atom stereocenters. The molecule has 0 saturated heterocycles. The second kappa shape index (κ2) is 11.2. The molecule has 1 aliphatic rings. The van der Waals surface area contributed by atoms with E-state index in [0.717, 1.165) is 11.4 Å². The number of methoxy groups -OCH3 is 1. The van der Waals surface area contributed by atoms with Crippen LogP contribution in [0.15, 0.2) is 46.4 Å².